The molecule has 0 heterocycles. The van der Waals surface area contributed by atoms with Gasteiger partial charge in [-0.15, -0.1) is 0 Å². The van der Waals surface area contributed by atoms with E-state index in [1.54, 1.807) is 0 Å². The van der Waals surface area contributed by atoms with E-state index in [0.717, 1.165) is 12.8 Å². The maximum Gasteiger partial charge on any atom is 0.0945 e. The molecule has 0 bridgehead atoms. The summed E-state index contributed by atoms with van der Waals surface area (Å²) in [5, 5.41) is 0. The summed E-state index contributed by atoms with van der Waals surface area (Å²) in [5.74, 6) is -0.208. The van der Waals surface area contributed by atoms with Crippen LogP contribution in [-0.2, 0) is 206 Å². The third kappa shape index (κ3) is 66.2. The van der Waals surface area contributed by atoms with Crippen molar-refractivity contribution in [2.45, 2.75) is 39.5 Å². The monoisotopic (exact) mass is 773 g/mol. The van der Waals surface area contributed by atoms with Crippen molar-refractivity contribution in [3.05, 3.63) is 0 Å². The molecule has 0 aromatic heterocycles. The Labute approximate surface area is 283 Å². The molecule has 0 unspecified atom stereocenters. The third-order valence-corrected chi connectivity index (χ3v) is 2.54. The molecule has 0 atom stereocenters. The molecule has 6 radical (unpaired) electrons. The molecule has 0 fully saturated rings. The van der Waals surface area contributed by atoms with Crippen LogP contribution >= 0.6 is 0 Å². The van der Waals surface area contributed by atoms with Crippen molar-refractivity contribution in [1.82, 2.24) is 0 Å². The molecule has 112 valence electrons. The van der Waals surface area contributed by atoms with E-state index in [0.29, 0.717) is 6.42 Å². The summed E-state index contributed by atoms with van der Waals surface area (Å²) < 4.78 is 29.9. The molecule has 0 aliphatic heterocycles. The van der Waals surface area contributed by atoms with Gasteiger partial charge in [-0.25, -0.2) is 8.42 Å². The van der Waals surface area contributed by atoms with Gasteiger partial charge < -0.3 is 9.45 Å². The molecule has 11 heteroatoms. The van der Waals surface area contributed by atoms with Crippen LogP contribution in [0.4, 0.5) is 0 Å². The summed E-state index contributed by atoms with van der Waals surface area (Å²) in [6, 6.07) is 0. The van der Waals surface area contributed by atoms with Crippen LogP contribution in [0.1, 0.15) is 39.5 Å². The molecule has 0 aromatic rings. The first-order valence-corrected chi connectivity index (χ1v) is 7.13. The van der Waals surface area contributed by atoms with E-state index in [1.807, 2.05) is 6.92 Å². The Bertz CT molecular complexity index is 231. The fraction of sp³-hybridized carbons (Fsp3) is 1.00. The predicted octanol–water partition coefficient (Wildman–Crippen LogP) is 0.248. The molecule has 0 rings (SSSR count). The zero-order chi connectivity index (χ0) is 12.3. The molecular weight excluding hydrogens is 748 g/mol. The number of nitrogens with one attached hydrogen (secondary N) is 1. The Morgan fingerprint density at radius 2 is 1.19 bits per heavy atom. The minimum absolute atomic E-state index is 0. The average Bonchev–Trinajstić information content (AvgIpc) is 2.03. The standard InChI is InChI=1S/C5H13N.C5H12O3S.6Y/c1-4-5-6(2)3;1-2-3-4-5-9(6,7)8;;;;;;/h4-5H2,1-3H3;2-5H2,1H3,(H,6,7,8);;;;;;. The van der Waals surface area contributed by atoms with Gasteiger partial charge in [0.05, 0.1) is 30.8 Å². The fourth-order valence-electron chi connectivity index (χ4n) is 1.03. The first kappa shape index (κ1) is 50.8. The van der Waals surface area contributed by atoms with Crippen LogP contribution in [0.3, 0.4) is 0 Å². The van der Waals surface area contributed by atoms with E-state index in [2.05, 4.69) is 21.0 Å². The molecule has 0 spiro atoms. The molecule has 0 aliphatic carbocycles. The summed E-state index contributed by atoms with van der Waals surface area (Å²) >= 11 is 0. The number of unbranched alkanes of at least 4 members (excludes halogenated alkanes) is 2. The molecular formula is C10H25NO3SY6. The third-order valence-electron chi connectivity index (χ3n) is 1.75. The first-order valence-electron chi connectivity index (χ1n) is 5.56. The van der Waals surface area contributed by atoms with Gasteiger partial charge in [-0.05, 0) is 12.8 Å². The van der Waals surface area contributed by atoms with Crippen LogP contribution in [0.5, 0.6) is 0 Å². The normalized spacial score (nSPS) is 7.90. The van der Waals surface area contributed by atoms with Gasteiger partial charge >= 0.3 is 0 Å². The first-order chi connectivity index (χ1) is 6.83. The van der Waals surface area contributed by atoms with E-state index >= 15 is 0 Å². The molecule has 0 amide bonds. The number of quaternary nitrogens is 1. The minimum Gasteiger partial charge on any atom is -0.748 e. The quantitative estimate of drug-likeness (QED) is 0.312. The summed E-state index contributed by atoms with van der Waals surface area (Å²) in [7, 11) is 0.394. The second-order valence-corrected chi connectivity index (χ2v) is 5.45. The van der Waals surface area contributed by atoms with E-state index in [9.17, 15) is 13.0 Å². The summed E-state index contributed by atoms with van der Waals surface area (Å²) in [5.41, 5.74) is 0. The number of hydrogen-bond acceptors (Lipinski definition) is 3. The summed E-state index contributed by atoms with van der Waals surface area (Å²) in [6.07, 6.45) is 3.56. The SMILES string of the molecule is CCCCCS(=O)(=O)[O-].CCC[NH+](C)C.[Y].[Y].[Y].[Y].[Y].[Y]. The molecule has 0 aliphatic rings. The minimum atomic E-state index is -3.95. The second-order valence-electron chi connectivity index (χ2n) is 3.93. The van der Waals surface area contributed by atoms with Gasteiger partial charge in [-0.1, -0.05) is 26.7 Å². The van der Waals surface area contributed by atoms with Crippen molar-refractivity contribution >= 4 is 10.1 Å². The zero-order valence-electron chi connectivity index (χ0n) is 13.8. The van der Waals surface area contributed by atoms with E-state index in [1.165, 1.54) is 17.9 Å². The molecule has 4 nitrogen and oxygen atoms in total. The van der Waals surface area contributed by atoms with Gasteiger partial charge in [-0.3, -0.25) is 0 Å². The van der Waals surface area contributed by atoms with E-state index in [-0.39, 0.29) is 202 Å². The van der Waals surface area contributed by atoms with Crippen molar-refractivity contribution in [3.8, 4) is 0 Å². The van der Waals surface area contributed by atoms with Crippen molar-refractivity contribution in [2.24, 2.45) is 0 Å². The van der Waals surface area contributed by atoms with Gasteiger partial charge in [0, 0.05) is 202 Å². The van der Waals surface area contributed by atoms with Crippen LogP contribution in [-0.4, -0.2) is 39.4 Å². The van der Waals surface area contributed by atoms with Crippen molar-refractivity contribution in [3.63, 3.8) is 0 Å². The fourth-order valence-corrected chi connectivity index (χ4v) is 1.59. The predicted molar refractivity (Wildman–Crippen MR) is 62.1 cm³/mol. The molecule has 0 aromatic carbocycles. The maximum atomic E-state index is 9.95. The Morgan fingerprint density at radius 1 is 0.810 bits per heavy atom. The smallest absolute Gasteiger partial charge is 0.0945 e. The summed E-state index contributed by atoms with van der Waals surface area (Å²) in [4.78, 5) is 1.54. The zero-order valence-corrected chi connectivity index (χ0v) is 31.7. The molecule has 0 saturated carbocycles. The van der Waals surface area contributed by atoms with E-state index < -0.39 is 10.1 Å². The Balaban J connectivity index is -0.0000000217. The Morgan fingerprint density at radius 3 is 1.33 bits per heavy atom. The number of hydrogen-bond donors (Lipinski definition) is 1. The van der Waals surface area contributed by atoms with Gasteiger partial charge in [0.25, 0.3) is 0 Å². The Kier molecular flexibility index (Phi) is 90.1. The van der Waals surface area contributed by atoms with Gasteiger partial charge in [0.2, 0.25) is 0 Å². The largest absolute Gasteiger partial charge is 0.748 e. The van der Waals surface area contributed by atoms with E-state index in [4.69, 9.17) is 0 Å². The number of rotatable bonds is 6. The van der Waals surface area contributed by atoms with Crippen molar-refractivity contribution < 1.29 is 214 Å². The van der Waals surface area contributed by atoms with Gasteiger partial charge in [0.1, 0.15) is 0 Å². The molecule has 21 heavy (non-hydrogen) atoms. The summed E-state index contributed by atoms with van der Waals surface area (Å²) in [6.45, 7) is 5.45. The van der Waals surface area contributed by atoms with Crippen LogP contribution in [0.25, 0.3) is 0 Å². The van der Waals surface area contributed by atoms with Crippen LogP contribution in [0.2, 0.25) is 0 Å². The molecule has 1 N–H and O–H groups in total. The van der Waals surface area contributed by atoms with Crippen molar-refractivity contribution in [1.29, 1.82) is 0 Å². The molecule has 0 saturated heterocycles. The average molecular weight is 773 g/mol. The van der Waals surface area contributed by atoms with Crippen LogP contribution in [0, 0.1) is 0 Å². The van der Waals surface area contributed by atoms with Gasteiger partial charge in [-0.2, -0.15) is 0 Å². The van der Waals surface area contributed by atoms with Crippen LogP contribution in [0.15, 0.2) is 0 Å². The van der Waals surface area contributed by atoms with Gasteiger partial charge in [0.15, 0.2) is 0 Å². The van der Waals surface area contributed by atoms with Crippen molar-refractivity contribution in [2.75, 3.05) is 26.4 Å². The maximum absolute atomic E-state index is 9.95. The topological polar surface area (TPSA) is 61.6 Å². The second kappa shape index (κ2) is 37.3. The Hall–Kier alpha value is 6.49. The van der Waals surface area contributed by atoms with Crippen LogP contribution < -0.4 is 4.90 Å².